The molecule has 0 radical (unpaired) electrons. The standard InChI is InChI=1S/C14H17ClN4O.ClH/c1-16-6-3-7-17-14(20)12-9-18-19-13(12)10-4-2-5-11(15)8-10;/h2,4-5,8-9,16H,3,6-7H2,1H3,(H,17,20)(H,18,19);1H. The van der Waals surface area contributed by atoms with Gasteiger partial charge in [0.15, 0.2) is 0 Å². The van der Waals surface area contributed by atoms with E-state index in [0.29, 0.717) is 22.8 Å². The molecule has 114 valence electrons. The van der Waals surface area contributed by atoms with Gasteiger partial charge in [-0.3, -0.25) is 9.89 Å². The number of rotatable bonds is 6. The number of amides is 1. The van der Waals surface area contributed by atoms with Gasteiger partial charge in [0.05, 0.1) is 17.5 Å². The Bertz CT molecular complexity index is 586. The highest BCUT2D eigenvalue weighted by molar-refractivity contribution is 6.30. The SMILES string of the molecule is CNCCCNC(=O)c1cn[nH]c1-c1cccc(Cl)c1.Cl. The summed E-state index contributed by atoms with van der Waals surface area (Å²) in [5.74, 6) is -0.134. The molecule has 1 heterocycles. The number of carbonyl (C=O) groups excluding carboxylic acids is 1. The van der Waals surface area contributed by atoms with E-state index < -0.39 is 0 Å². The Balaban J connectivity index is 0.00000220. The fourth-order valence-electron chi connectivity index (χ4n) is 1.88. The molecule has 21 heavy (non-hydrogen) atoms. The van der Waals surface area contributed by atoms with Gasteiger partial charge in [0.2, 0.25) is 0 Å². The van der Waals surface area contributed by atoms with Crippen LogP contribution in [0.15, 0.2) is 30.5 Å². The second kappa shape index (κ2) is 8.67. The second-order valence-electron chi connectivity index (χ2n) is 4.38. The number of aromatic amines is 1. The van der Waals surface area contributed by atoms with Gasteiger partial charge in [-0.05, 0) is 32.1 Å². The van der Waals surface area contributed by atoms with E-state index in [1.165, 1.54) is 6.20 Å². The van der Waals surface area contributed by atoms with Crippen LogP contribution in [0.3, 0.4) is 0 Å². The number of nitrogens with one attached hydrogen (secondary N) is 3. The lowest BCUT2D eigenvalue weighted by molar-refractivity contribution is 0.0954. The Kier molecular flexibility index (Phi) is 7.22. The Hall–Kier alpha value is -1.56. The highest BCUT2D eigenvalue weighted by Crippen LogP contribution is 2.23. The lowest BCUT2D eigenvalue weighted by Crippen LogP contribution is -2.26. The van der Waals surface area contributed by atoms with Crippen molar-refractivity contribution in [3.63, 3.8) is 0 Å². The Morgan fingerprint density at radius 2 is 2.19 bits per heavy atom. The van der Waals surface area contributed by atoms with Gasteiger partial charge >= 0.3 is 0 Å². The summed E-state index contributed by atoms with van der Waals surface area (Å²) in [5, 5.41) is 13.3. The molecule has 0 unspecified atom stereocenters. The van der Waals surface area contributed by atoms with Crippen LogP contribution in [-0.4, -0.2) is 36.2 Å². The quantitative estimate of drug-likeness (QED) is 0.713. The van der Waals surface area contributed by atoms with E-state index in [9.17, 15) is 4.79 Å². The topological polar surface area (TPSA) is 69.8 Å². The van der Waals surface area contributed by atoms with Gasteiger partial charge in [-0.25, -0.2) is 0 Å². The van der Waals surface area contributed by atoms with Gasteiger partial charge in [0, 0.05) is 17.1 Å². The predicted molar refractivity (Wildman–Crippen MR) is 87.2 cm³/mol. The van der Waals surface area contributed by atoms with E-state index in [-0.39, 0.29) is 18.3 Å². The molecule has 0 bridgehead atoms. The fourth-order valence-corrected chi connectivity index (χ4v) is 2.07. The molecule has 0 atom stereocenters. The largest absolute Gasteiger partial charge is 0.352 e. The Labute approximate surface area is 134 Å². The molecule has 0 saturated carbocycles. The summed E-state index contributed by atoms with van der Waals surface area (Å²) >= 11 is 5.97. The number of hydrogen-bond donors (Lipinski definition) is 3. The number of nitrogens with zero attached hydrogens (tertiary/aromatic N) is 1. The van der Waals surface area contributed by atoms with Crippen LogP contribution >= 0.6 is 24.0 Å². The first-order valence-electron chi connectivity index (χ1n) is 6.44. The van der Waals surface area contributed by atoms with Crippen molar-refractivity contribution < 1.29 is 4.79 Å². The van der Waals surface area contributed by atoms with Gasteiger partial charge in [-0.1, -0.05) is 23.7 Å². The van der Waals surface area contributed by atoms with Gasteiger partial charge in [0.25, 0.3) is 5.91 Å². The summed E-state index contributed by atoms with van der Waals surface area (Å²) in [6.45, 7) is 1.49. The smallest absolute Gasteiger partial charge is 0.255 e. The normalized spacial score (nSPS) is 10.0. The van der Waals surface area contributed by atoms with E-state index in [1.54, 1.807) is 12.1 Å². The van der Waals surface area contributed by atoms with Crippen molar-refractivity contribution >= 4 is 29.9 Å². The molecule has 0 saturated heterocycles. The highest BCUT2D eigenvalue weighted by Gasteiger charge is 2.14. The molecule has 2 aromatic rings. The molecule has 1 amide bonds. The average Bonchev–Trinajstić information content (AvgIpc) is 2.93. The number of H-pyrrole nitrogens is 1. The summed E-state index contributed by atoms with van der Waals surface area (Å²) in [6.07, 6.45) is 2.41. The summed E-state index contributed by atoms with van der Waals surface area (Å²) in [6, 6.07) is 7.32. The molecule has 0 aliphatic heterocycles. The Morgan fingerprint density at radius 1 is 1.38 bits per heavy atom. The molecule has 3 N–H and O–H groups in total. The van der Waals surface area contributed by atoms with Crippen molar-refractivity contribution in [3.05, 3.63) is 41.0 Å². The average molecular weight is 329 g/mol. The summed E-state index contributed by atoms with van der Waals surface area (Å²) in [7, 11) is 1.88. The third-order valence-corrected chi connectivity index (χ3v) is 3.12. The lowest BCUT2D eigenvalue weighted by Gasteiger charge is -2.06. The van der Waals surface area contributed by atoms with Crippen molar-refractivity contribution in [2.24, 2.45) is 0 Å². The molecule has 7 heteroatoms. The highest BCUT2D eigenvalue weighted by atomic mass is 35.5. The lowest BCUT2D eigenvalue weighted by atomic mass is 10.1. The van der Waals surface area contributed by atoms with E-state index in [2.05, 4.69) is 20.8 Å². The number of hydrogen-bond acceptors (Lipinski definition) is 3. The maximum Gasteiger partial charge on any atom is 0.255 e. The first-order valence-corrected chi connectivity index (χ1v) is 6.82. The van der Waals surface area contributed by atoms with E-state index in [1.807, 2.05) is 19.2 Å². The van der Waals surface area contributed by atoms with Crippen molar-refractivity contribution in [3.8, 4) is 11.3 Å². The molecule has 0 fully saturated rings. The minimum Gasteiger partial charge on any atom is -0.352 e. The summed E-state index contributed by atoms with van der Waals surface area (Å²) in [4.78, 5) is 12.1. The van der Waals surface area contributed by atoms with Crippen molar-refractivity contribution in [2.45, 2.75) is 6.42 Å². The van der Waals surface area contributed by atoms with Crippen molar-refractivity contribution in [2.75, 3.05) is 20.1 Å². The minimum atomic E-state index is -0.134. The number of halogens is 2. The molecule has 0 spiro atoms. The zero-order valence-electron chi connectivity index (χ0n) is 11.6. The van der Waals surface area contributed by atoms with Gasteiger partial charge in [-0.2, -0.15) is 5.10 Å². The third kappa shape index (κ3) is 4.74. The van der Waals surface area contributed by atoms with Gasteiger partial charge in [-0.15, -0.1) is 12.4 Å². The van der Waals surface area contributed by atoms with Crippen LogP contribution in [0, 0.1) is 0 Å². The Morgan fingerprint density at radius 3 is 2.90 bits per heavy atom. The first kappa shape index (κ1) is 17.5. The zero-order chi connectivity index (χ0) is 14.4. The summed E-state index contributed by atoms with van der Waals surface area (Å²) < 4.78 is 0. The van der Waals surface area contributed by atoms with Gasteiger partial charge < -0.3 is 10.6 Å². The van der Waals surface area contributed by atoms with E-state index >= 15 is 0 Å². The van der Waals surface area contributed by atoms with Crippen LogP contribution in [0.1, 0.15) is 16.8 Å². The number of benzene rings is 1. The number of carbonyl (C=O) groups is 1. The van der Waals surface area contributed by atoms with Crippen LogP contribution in [0.5, 0.6) is 0 Å². The van der Waals surface area contributed by atoms with Gasteiger partial charge in [0.1, 0.15) is 0 Å². The molecular weight excluding hydrogens is 311 g/mol. The molecule has 1 aromatic carbocycles. The van der Waals surface area contributed by atoms with Crippen LogP contribution in [0.25, 0.3) is 11.3 Å². The van der Waals surface area contributed by atoms with Crippen LogP contribution in [0.2, 0.25) is 5.02 Å². The third-order valence-electron chi connectivity index (χ3n) is 2.89. The molecular formula is C14H18Cl2N4O. The monoisotopic (exact) mass is 328 g/mol. The molecule has 2 rings (SSSR count). The minimum absolute atomic E-state index is 0. The molecule has 5 nitrogen and oxygen atoms in total. The fraction of sp³-hybridized carbons (Fsp3) is 0.286. The summed E-state index contributed by atoms with van der Waals surface area (Å²) in [5.41, 5.74) is 2.05. The predicted octanol–water partition coefficient (Wildman–Crippen LogP) is 2.49. The maximum absolute atomic E-state index is 12.1. The molecule has 0 aliphatic rings. The van der Waals surface area contributed by atoms with Crippen LogP contribution < -0.4 is 10.6 Å². The van der Waals surface area contributed by atoms with E-state index in [0.717, 1.165) is 18.5 Å². The first-order chi connectivity index (χ1) is 9.72. The van der Waals surface area contributed by atoms with Crippen molar-refractivity contribution in [1.82, 2.24) is 20.8 Å². The van der Waals surface area contributed by atoms with E-state index in [4.69, 9.17) is 11.6 Å². The zero-order valence-corrected chi connectivity index (χ0v) is 13.2. The van der Waals surface area contributed by atoms with Crippen LogP contribution in [-0.2, 0) is 0 Å². The maximum atomic E-state index is 12.1. The van der Waals surface area contributed by atoms with Crippen molar-refractivity contribution in [1.29, 1.82) is 0 Å². The molecule has 1 aromatic heterocycles. The van der Waals surface area contributed by atoms with Crippen LogP contribution in [0.4, 0.5) is 0 Å². The second-order valence-corrected chi connectivity index (χ2v) is 4.82. The number of aromatic nitrogens is 2. The molecule has 0 aliphatic carbocycles.